The van der Waals surface area contributed by atoms with E-state index in [1.54, 1.807) is 11.8 Å². The van der Waals surface area contributed by atoms with E-state index in [1.807, 2.05) is 0 Å². The van der Waals surface area contributed by atoms with Crippen molar-refractivity contribution in [3.05, 3.63) is 24.3 Å². The highest BCUT2D eigenvalue weighted by atomic mass is 32.2. The molecule has 0 heterocycles. The van der Waals surface area contributed by atoms with Gasteiger partial charge in [-0.1, -0.05) is 0 Å². The van der Waals surface area contributed by atoms with Gasteiger partial charge >= 0.3 is 0 Å². The molecule has 0 spiro atoms. The van der Waals surface area contributed by atoms with Gasteiger partial charge in [0.05, 0.1) is 0 Å². The highest BCUT2D eigenvalue weighted by Gasteiger charge is 2.16. The van der Waals surface area contributed by atoms with Gasteiger partial charge in [0.1, 0.15) is 0 Å². The van der Waals surface area contributed by atoms with Crippen LogP contribution in [0.2, 0.25) is 0 Å². The molecule has 0 aliphatic rings. The van der Waals surface area contributed by atoms with Crippen LogP contribution >= 0.6 is 11.8 Å². The second-order valence-corrected chi connectivity index (χ2v) is 5.31. The molecular formula is C12H19NS. The molecule has 0 saturated carbocycles. The van der Waals surface area contributed by atoms with Crippen LogP contribution in [0.25, 0.3) is 0 Å². The Morgan fingerprint density at radius 1 is 1.07 bits per heavy atom. The molecule has 0 amide bonds. The van der Waals surface area contributed by atoms with Gasteiger partial charge in [-0.15, -0.1) is 11.8 Å². The molecule has 2 heteroatoms. The highest BCUT2D eigenvalue weighted by molar-refractivity contribution is 7.98. The monoisotopic (exact) mass is 209 g/mol. The van der Waals surface area contributed by atoms with Gasteiger partial charge in [-0.2, -0.15) is 0 Å². The summed E-state index contributed by atoms with van der Waals surface area (Å²) in [5.41, 5.74) is 1.45. The number of hydrogen-bond donors (Lipinski definition) is 0. The molecule has 0 unspecified atom stereocenters. The number of anilines is 1. The normalized spacial score (nSPS) is 11.5. The predicted octanol–water partition coefficient (Wildman–Crippen LogP) is 3.64. The molecule has 14 heavy (non-hydrogen) atoms. The molecule has 0 aliphatic carbocycles. The van der Waals surface area contributed by atoms with Crippen molar-refractivity contribution >= 4 is 17.4 Å². The lowest BCUT2D eigenvalue weighted by Gasteiger charge is -2.34. The Morgan fingerprint density at radius 2 is 1.57 bits per heavy atom. The summed E-state index contributed by atoms with van der Waals surface area (Å²) >= 11 is 1.78. The van der Waals surface area contributed by atoms with E-state index in [-0.39, 0.29) is 5.54 Å². The molecule has 0 fully saturated rings. The van der Waals surface area contributed by atoms with E-state index >= 15 is 0 Å². The van der Waals surface area contributed by atoms with Crippen molar-refractivity contribution in [2.75, 3.05) is 18.2 Å². The maximum absolute atomic E-state index is 2.29. The van der Waals surface area contributed by atoms with Crippen molar-refractivity contribution in [2.24, 2.45) is 0 Å². The molecule has 0 radical (unpaired) electrons. The zero-order valence-corrected chi connectivity index (χ0v) is 10.5. The van der Waals surface area contributed by atoms with Gasteiger partial charge in [0.25, 0.3) is 0 Å². The minimum Gasteiger partial charge on any atom is -0.370 e. The fourth-order valence-electron chi connectivity index (χ4n) is 1.19. The Bertz CT molecular complexity index is 284. The SMILES string of the molecule is CSc1ccc(N(C)C(C)(C)C)cc1. The first-order valence-electron chi connectivity index (χ1n) is 4.83. The van der Waals surface area contributed by atoms with Crippen LogP contribution in [0.15, 0.2) is 29.2 Å². The topological polar surface area (TPSA) is 3.24 Å². The van der Waals surface area contributed by atoms with Crippen molar-refractivity contribution in [3.8, 4) is 0 Å². The van der Waals surface area contributed by atoms with Crippen LogP contribution in [-0.2, 0) is 0 Å². The smallest absolute Gasteiger partial charge is 0.0368 e. The van der Waals surface area contributed by atoms with E-state index in [4.69, 9.17) is 0 Å². The number of benzene rings is 1. The van der Waals surface area contributed by atoms with E-state index in [1.165, 1.54) is 10.6 Å². The average molecular weight is 209 g/mol. The minimum absolute atomic E-state index is 0.181. The molecule has 0 atom stereocenters. The van der Waals surface area contributed by atoms with Crippen molar-refractivity contribution in [2.45, 2.75) is 31.2 Å². The third kappa shape index (κ3) is 2.68. The molecule has 0 aromatic heterocycles. The average Bonchev–Trinajstić information content (AvgIpc) is 2.15. The summed E-state index contributed by atoms with van der Waals surface area (Å²) in [6.07, 6.45) is 2.10. The highest BCUT2D eigenvalue weighted by Crippen LogP contribution is 2.24. The van der Waals surface area contributed by atoms with Crippen molar-refractivity contribution in [1.29, 1.82) is 0 Å². The molecule has 0 aliphatic heterocycles. The quantitative estimate of drug-likeness (QED) is 0.684. The molecule has 0 N–H and O–H groups in total. The Balaban J connectivity index is 2.87. The maximum atomic E-state index is 2.29. The zero-order valence-electron chi connectivity index (χ0n) is 9.66. The lowest BCUT2D eigenvalue weighted by atomic mass is 10.1. The van der Waals surface area contributed by atoms with Crippen LogP contribution < -0.4 is 4.90 Å². The van der Waals surface area contributed by atoms with E-state index < -0.39 is 0 Å². The summed E-state index contributed by atoms with van der Waals surface area (Å²) in [5.74, 6) is 0. The summed E-state index contributed by atoms with van der Waals surface area (Å²) in [5, 5.41) is 0. The summed E-state index contributed by atoms with van der Waals surface area (Å²) in [7, 11) is 2.13. The number of thioether (sulfide) groups is 1. The number of rotatable bonds is 2. The Hall–Kier alpha value is -0.630. The summed E-state index contributed by atoms with van der Waals surface area (Å²) in [6.45, 7) is 6.65. The van der Waals surface area contributed by atoms with E-state index in [9.17, 15) is 0 Å². The number of nitrogens with zero attached hydrogens (tertiary/aromatic N) is 1. The summed E-state index contributed by atoms with van der Waals surface area (Å²) in [4.78, 5) is 3.60. The minimum atomic E-state index is 0.181. The van der Waals surface area contributed by atoms with Crippen LogP contribution in [0.5, 0.6) is 0 Å². The summed E-state index contributed by atoms with van der Waals surface area (Å²) in [6, 6.07) is 8.69. The third-order valence-corrected chi connectivity index (χ3v) is 3.21. The molecule has 0 bridgehead atoms. The van der Waals surface area contributed by atoms with Gasteiger partial charge in [-0.25, -0.2) is 0 Å². The Morgan fingerprint density at radius 3 is 1.93 bits per heavy atom. The second kappa shape index (κ2) is 4.26. The Labute approximate surface area is 91.5 Å². The lowest BCUT2D eigenvalue weighted by Crippen LogP contribution is -2.37. The summed E-state index contributed by atoms with van der Waals surface area (Å²) < 4.78 is 0. The molecular weight excluding hydrogens is 190 g/mol. The van der Waals surface area contributed by atoms with Crippen LogP contribution in [0.3, 0.4) is 0 Å². The first kappa shape index (κ1) is 11.4. The van der Waals surface area contributed by atoms with Gasteiger partial charge < -0.3 is 4.90 Å². The van der Waals surface area contributed by atoms with E-state index in [0.29, 0.717) is 0 Å². The van der Waals surface area contributed by atoms with Crippen LogP contribution in [0, 0.1) is 0 Å². The molecule has 1 rings (SSSR count). The zero-order chi connectivity index (χ0) is 10.8. The fourth-order valence-corrected chi connectivity index (χ4v) is 1.60. The van der Waals surface area contributed by atoms with Crippen molar-refractivity contribution < 1.29 is 0 Å². The standard InChI is InChI=1S/C12H19NS/c1-12(2,3)13(4)10-6-8-11(14-5)9-7-10/h6-9H,1-5H3. The first-order chi connectivity index (χ1) is 6.45. The molecule has 1 aromatic carbocycles. The van der Waals surface area contributed by atoms with E-state index in [2.05, 4.69) is 63.2 Å². The maximum Gasteiger partial charge on any atom is 0.0368 e. The molecule has 1 aromatic rings. The van der Waals surface area contributed by atoms with Crippen LogP contribution in [0.1, 0.15) is 20.8 Å². The number of hydrogen-bond acceptors (Lipinski definition) is 2. The third-order valence-electron chi connectivity index (χ3n) is 2.47. The first-order valence-corrected chi connectivity index (χ1v) is 6.05. The van der Waals surface area contributed by atoms with Gasteiger partial charge in [0.2, 0.25) is 0 Å². The predicted molar refractivity (Wildman–Crippen MR) is 66.4 cm³/mol. The lowest BCUT2D eigenvalue weighted by molar-refractivity contribution is 0.538. The van der Waals surface area contributed by atoms with Gasteiger partial charge in [0, 0.05) is 23.2 Å². The van der Waals surface area contributed by atoms with Gasteiger partial charge in [0.15, 0.2) is 0 Å². The molecule has 1 nitrogen and oxygen atoms in total. The Kier molecular flexibility index (Phi) is 3.48. The molecule has 0 saturated heterocycles. The van der Waals surface area contributed by atoms with E-state index in [0.717, 1.165) is 0 Å². The molecule has 78 valence electrons. The fraction of sp³-hybridized carbons (Fsp3) is 0.500. The van der Waals surface area contributed by atoms with Crippen LogP contribution in [0.4, 0.5) is 5.69 Å². The van der Waals surface area contributed by atoms with Crippen molar-refractivity contribution in [1.82, 2.24) is 0 Å². The van der Waals surface area contributed by atoms with Gasteiger partial charge in [-0.3, -0.25) is 0 Å². The largest absolute Gasteiger partial charge is 0.370 e. The second-order valence-electron chi connectivity index (χ2n) is 4.43. The van der Waals surface area contributed by atoms with Crippen molar-refractivity contribution in [3.63, 3.8) is 0 Å². The van der Waals surface area contributed by atoms with Gasteiger partial charge in [-0.05, 0) is 51.3 Å². The van der Waals surface area contributed by atoms with Crippen LogP contribution in [-0.4, -0.2) is 18.8 Å².